The van der Waals surface area contributed by atoms with Gasteiger partial charge in [0.15, 0.2) is 17.9 Å². The van der Waals surface area contributed by atoms with Crippen molar-refractivity contribution in [2.24, 2.45) is 17.3 Å². The quantitative estimate of drug-likeness (QED) is 0.392. The predicted molar refractivity (Wildman–Crippen MR) is 113 cm³/mol. The lowest BCUT2D eigenvalue weighted by Crippen LogP contribution is -2.46. The molecule has 2 fully saturated rings. The van der Waals surface area contributed by atoms with Crippen molar-refractivity contribution >= 4 is 0 Å². The zero-order valence-electron chi connectivity index (χ0n) is 18.2. The molecule has 0 bridgehead atoms. The maximum atomic E-state index is 13.6. The van der Waals surface area contributed by atoms with Crippen LogP contribution in [0.25, 0.3) is 0 Å². The second-order valence-electron chi connectivity index (χ2n) is 9.14. The zero-order chi connectivity index (χ0) is 20.7. The van der Waals surface area contributed by atoms with Crippen LogP contribution in [0.1, 0.15) is 96.3 Å². The smallest absolute Gasteiger partial charge is 0.183 e. The van der Waals surface area contributed by atoms with E-state index >= 15 is 0 Å². The lowest BCUT2D eigenvalue weighted by molar-refractivity contribution is -0.233. The minimum absolute atomic E-state index is 0.307. The van der Waals surface area contributed by atoms with Gasteiger partial charge in [-0.25, -0.2) is 8.78 Å². The molecule has 2 nitrogen and oxygen atoms in total. The van der Waals surface area contributed by atoms with Crippen molar-refractivity contribution in [1.29, 1.82) is 0 Å². The summed E-state index contributed by atoms with van der Waals surface area (Å²) < 4.78 is 39.1. The Bertz CT molecular complexity index is 619. The molecule has 1 aromatic carbocycles. The molecule has 0 spiro atoms. The van der Waals surface area contributed by atoms with E-state index in [-0.39, 0.29) is 0 Å². The highest BCUT2D eigenvalue weighted by molar-refractivity contribution is 5.19. The van der Waals surface area contributed by atoms with Crippen LogP contribution in [-0.4, -0.2) is 13.2 Å². The van der Waals surface area contributed by atoms with Crippen LogP contribution < -0.4 is 0 Å². The molecule has 3 rings (SSSR count). The van der Waals surface area contributed by atoms with Gasteiger partial charge >= 0.3 is 0 Å². The first-order valence-electron chi connectivity index (χ1n) is 11.8. The van der Waals surface area contributed by atoms with Crippen LogP contribution in [-0.2, 0) is 9.47 Å². The normalized spacial score (nSPS) is 25.7. The van der Waals surface area contributed by atoms with Gasteiger partial charge in [0.1, 0.15) is 0 Å². The average Bonchev–Trinajstić information content (AvgIpc) is 2.76. The minimum atomic E-state index is -0.848. The highest BCUT2D eigenvalue weighted by atomic mass is 19.2. The Hall–Kier alpha value is -1.00. The fourth-order valence-corrected chi connectivity index (χ4v) is 5.76. The SMILES string of the molecule is CCCCCC(CCC)C1(C2COC(c3ccc(F)c(F)c3)OC2)CCCCC1. The fraction of sp³-hybridized carbons (Fsp3) is 0.760. The van der Waals surface area contributed by atoms with Crippen molar-refractivity contribution < 1.29 is 18.3 Å². The molecule has 1 atom stereocenters. The van der Waals surface area contributed by atoms with E-state index in [0.29, 0.717) is 30.1 Å². The molecule has 1 saturated carbocycles. The molecule has 1 aliphatic carbocycles. The topological polar surface area (TPSA) is 18.5 Å². The maximum absolute atomic E-state index is 13.6. The van der Waals surface area contributed by atoms with E-state index < -0.39 is 17.9 Å². The summed E-state index contributed by atoms with van der Waals surface area (Å²) in [6, 6.07) is 3.91. The lowest BCUT2D eigenvalue weighted by Gasteiger charge is -2.51. The lowest BCUT2D eigenvalue weighted by atomic mass is 9.57. The molecule has 4 heteroatoms. The molecule has 0 aromatic heterocycles. The Labute approximate surface area is 175 Å². The van der Waals surface area contributed by atoms with E-state index in [1.807, 2.05) is 0 Å². The molecule has 0 amide bonds. The van der Waals surface area contributed by atoms with Gasteiger partial charge in [0, 0.05) is 11.5 Å². The third-order valence-corrected chi connectivity index (χ3v) is 7.32. The van der Waals surface area contributed by atoms with Crippen LogP contribution in [0, 0.1) is 28.9 Å². The average molecular weight is 409 g/mol. The number of ether oxygens (including phenoxy) is 2. The first-order valence-corrected chi connectivity index (χ1v) is 11.8. The van der Waals surface area contributed by atoms with Gasteiger partial charge in [0.05, 0.1) is 13.2 Å². The molecule has 29 heavy (non-hydrogen) atoms. The van der Waals surface area contributed by atoms with Gasteiger partial charge in [-0.1, -0.05) is 71.3 Å². The largest absolute Gasteiger partial charge is 0.348 e. The summed E-state index contributed by atoms with van der Waals surface area (Å²) in [5.74, 6) is -0.559. The highest BCUT2D eigenvalue weighted by Gasteiger charge is 2.46. The Morgan fingerprint density at radius 3 is 2.28 bits per heavy atom. The Balaban J connectivity index is 1.71. The van der Waals surface area contributed by atoms with Crippen molar-refractivity contribution in [2.75, 3.05) is 13.2 Å². The predicted octanol–water partition coefficient (Wildman–Crippen LogP) is 7.57. The Kier molecular flexibility index (Phi) is 8.49. The van der Waals surface area contributed by atoms with Crippen molar-refractivity contribution in [3.63, 3.8) is 0 Å². The molecule has 1 aromatic rings. The van der Waals surface area contributed by atoms with Gasteiger partial charge in [-0.15, -0.1) is 0 Å². The molecule has 1 heterocycles. The third-order valence-electron chi connectivity index (χ3n) is 7.32. The zero-order valence-corrected chi connectivity index (χ0v) is 18.2. The van der Waals surface area contributed by atoms with E-state index in [1.165, 1.54) is 76.7 Å². The van der Waals surface area contributed by atoms with E-state index in [9.17, 15) is 8.78 Å². The summed E-state index contributed by atoms with van der Waals surface area (Å²) in [5, 5.41) is 0. The van der Waals surface area contributed by atoms with Crippen molar-refractivity contribution in [2.45, 2.75) is 90.8 Å². The van der Waals surface area contributed by atoms with Crippen molar-refractivity contribution in [3.8, 4) is 0 Å². The molecule has 164 valence electrons. The van der Waals surface area contributed by atoms with Crippen molar-refractivity contribution in [1.82, 2.24) is 0 Å². The summed E-state index contributed by atoms with van der Waals surface area (Å²) >= 11 is 0. The molecule has 2 aliphatic rings. The molecule has 0 N–H and O–H groups in total. The number of unbranched alkanes of at least 4 members (excludes halogenated alkanes) is 2. The molecule has 1 saturated heterocycles. The standard InChI is InChI=1S/C25H38F2O2/c1-3-5-7-11-20(10-4-2)25(14-8-6-9-15-25)21-17-28-24(29-18-21)19-12-13-22(26)23(27)16-19/h12-13,16,20-21,24H,3-11,14-15,17-18H2,1-2H3. The minimum Gasteiger partial charge on any atom is -0.348 e. The van der Waals surface area contributed by atoms with E-state index in [4.69, 9.17) is 9.47 Å². The van der Waals surface area contributed by atoms with E-state index in [1.54, 1.807) is 6.07 Å². The van der Waals surface area contributed by atoms with Gasteiger partial charge in [-0.05, 0) is 42.7 Å². The van der Waals surface area contributed by atoms with Crippen LogP contribution in [0.3, 0.4) is 0 Å². The first-order chi connectivity index (χ1) is 14.1. The van der Waals surface area contributed by atoms with Crippen LogP contribution in [0.5, 0.6) is 0 Å². The molecule has 0 radical (unpaired) electrons. The summed E-state index contributed by atoms with van der Waals surface area (Å²) in [6.07, 6.45) is 13.6. The van der Waals surface area contributed by atoms with Crippen LogP contribution in [0.2, 0.25) is 0 Å². The molecular weight excluding hydrogens is 370 g/mol. The summed E-state index contributed by atoms with van der Waals surface area (Å²) in [6.45, 7) is 5.87. The monoisotopic (exact) mass is 408 g/mol. The number of rotatable bonds is 9. The van der Waals surface area contributed by atoms with E-state index in [2.05, 4.69) is 13.8 Å². The third kappa shape index (κ3) is 5.38. The molecule has 1 unspecified atom stereocenters. The molecule has 1 aliphatic heterocycles. The van der Waals surface area contributed by atoms with Gasteiger partial charge in [-0.3, -0.25) is 0 Å². The summed E-state index contributed by atoms with van der Waals surface area (Å²) in [5.41, 5.74) is 0.870. The number of hydrogen-bond acceptors (Lipinski definition) is 2. The number of benzene rings is 1. The second-order valence-corrected chi connectivity index (χ2v) is 9.14. The van der Waals surface area contributed by atoms with Crippen LogP contribution >= 0.6 is 0 Å². The summed E-state index contributed by atoms with van der Waals surface area (Å²) in [4.78, 5) is 0. The number of halogens is 2. The fourth-order valence-electron chi connectivity index (χ4n) is 5.76. The van der Waals surface area contributed by atoms with Crippen molar-refractivity contribution in [3.05, 3.63) is 35.4 Å². The van der Waals surface area contributed by atoms with Gasteiger partial charge < -0.3 is 9.47 Å². The van der Waals surface area contributed by atoms with Gasteiger partial charge in [0.2, 0.25) is 0 Å². The van der Waals surface area contributed by atoms with Crippen LogP contribution in [0.4, 0.5) is 8.78 Å². The highest BCUT2D eigenvalue weighted by Crippen LogP contribution is 2.53. The van der Waals surface area contributed by atoms with Gasteiger partial charge in [0.25, 0.3) is 0 Å². The van der Waals surface area contributed by atoms with Crippen LogP contribution in [0.15, 0.2) is 18.2 Å². The second kappa shape index (κ2) is 10.9. The molecular formula is C25H38F2O2. The first kappa shape index (κ1) is 22.7. The number of hydrogen-bond donors (Lipinski definition) is 0. The van der Waals surface area contributed by atoms with E-state index in [0.717, 1.165) is 12.0 Å². The van der Waals surface area contributed by atoms with Gasteiger partial charge in [-0.2, -0.15) is 0 Å². The maximum Gasteiger partial charge on any atom is 0.183 e. The summed E-state index contributed by atoms with van der Waals surface area (Å²) in [7, 11) is 0. The Morgan fingerprint density at radius 1 is 0.931 bits per heavy atom. The Morgan fingerprint density at radius 2 is 1.66 bits per heavy atom.